The zero-order valence-corrected chi connectivity index (χ0v) is 18.0. The largest absolute Gasteiger partial charge is 0.330 e. The molecule has 0 radical (unpaired) electrons. The first-order valence-corrected chi connectivity index (χ1v) is 11.0. The zero-order valence-electron chi connectivity index (χ0n) is 16.3. The normalized spacial score (nSPS) is 21.7. The van der Waals surface area contributed by atoms with Crippen LogP contribution in [0.2, 0.25) is 0 Å². The number of hydrogen-bond donors (Lipinski definition) is 1. The van der Waals surface area contributed by atoms with Gasteiger partial charge in [-0.1, -0.05) is 30.3 Å². The first kappa shape index (κ1) is 21.8. The Kier molecular flexibility index (Phi) is 6.33. The van der Waals surface area contributed by atoms with Crippen molar-refractivity contribution < 1.29 is 13.2 Å². The summed E-state index contributed by atoms with van der Waals surface area (Å²) in [6, 6.07) is 15.1. The fraction of sp³-hybridized carbons (Fsp3) is 0.381. The van der Waals surface area contributed by atoms with Gasteiger partial charge in [0, 0.05) is 38.2 Å². The molecule has 2 aliphatic heterocycles. The number of carbonyl (C=O) groups excluding carboxylic acids is 1. The van der Waals surface area contributed by atoms with Gasteiger partial charge < -0.3 is 10.6 Å². The van der Waals surface area contributed by atoms with Crippen LogP contribution in [0.1, 0.15) is 24.0 Å². The molecule has 2 N–H and O–H groups in total. The molecule has 4 rings (SSSR count). The molecule has 2 heterocycles. The summed E-state index contributed by atoms with van der Waals surface area (Å²) in [5.74, 6) is 0.175. The van der Waals surface area contributed by atoms with E-state index in [-0.39, 0.29) is 30.2 Å². The molecule has 156 valence electrons. The maximum atomic E-state index is 13.3. The van der Waals surface area contributed by atoms with Crippen molar-refractivity contribution in [2.75, 3.05) is 31.1 Å². The van der Waals surface area contributed by atoms with Crippen molar-refractivity contribution in [1.29, 1.82) is 0 Å². The molecule has 0 unspecified atom stereocenters. The number of nitrogens with zero attached hydrogens (tertiary/aromatic N) is 2. The van der Waals surface area contributed by atoms with E-state index in [1.165, 1.54) is 6.92 Å². The molecule has 0 aliphatic carbocycles. The van der Waals surface area contributed by atoms with Gasteiger partial charge in [0.15, 0.2) is 0 Å². The highest BCUT2D eigenvalue weighted by Gasteiger charge is 2.39. The monoisotopic (exact) mass is 435 g/mol. The summed E-state index contributed by atoms with van der Waals surface area (Å²) in [6.45, 7) is 3.44. The number of sulfonamides is 1. The van der Waals surface area contributed by atoms with Gasteiger partial charge in [0.05, 0.1) is 4.90 Å². The van der Waals surface area contributed by atoms with Crippen molar-refractivity contribution in [2.24, 2.45) is 11.7 Å². The van der Waals surface area contributed by atoms with Crippen LogP contribution in [-0.4, -0.2) is 44.8 Å². The Morgan fingerprint density at radius 3 is 2.52 bits per heavy atom. The minimum atomic E-state index is -3.61. The second-order valence-electron chi connectivity index (χ2n) is 7.55. The lowest BCUT2D eigenvalue weighted by atomic mass is 9.89. The molecule has 1 amide bonds. The molecule has 29 heavy (non-hydrogen) atoms. The van der Waals surface area contributed by atoms with Crippen LogP contribution in [0.5, 0.6) is 0 Å². The van der Waals surface area contributed by atoms with Crippen LogP contribution in [0, 0.1) is 5.92 Å². The molecule has 6 nitrogen and oxygen atoms in total. The Bertz CT molecular complexity index is 997. The minimum Gasteiger partial charge on any atom is -0.330 e. The second kappa shape index (κ2) is 8.44. The van der Waals surface area contributed by atoms with Crippen molar-refractivity contribution in [1.82, 2.24) is 4.31 Å². The standard InChI is InChI=1S/C21H25N3O3S.ClH/c1-15(25)24-10-9-17-11-19(7-8-21(17)24)28(26,27)23-13-18(12-22)20(14-23)16-5-3-2-4-6-16;/h2-8,11,18,20H,9-10,12-14,22H2,1H3;1H/t18-,20+;/m1./s1. The van der Waals surface area contributed by atoms with Gasteiger partial charge in [-0.15, -0.1) is 12.4 Å². The van der Waals surface area contributed by atoms with Crippen LogP contribution in [0.3, 0.4) is 0 Å². The van der Waals surface area contributed by atoms with E-state index in [2.05, 4.69) is 0 Å². The molecule has 0 aromatic heterocycles. The van der Waals surface area contributed by atoms with Crippen LogP contribution >= 0.6 is 12.4 Å². The van der Waals surface area contributed by atoms with Gasteiger partial charge in [-0.25, -0.2) is 8.42 Å². The topological polar surface area (TPSA) is 83.7 Å². The molecule has 2 aromatic carbocycles. The fourth-order valence-corrected chi connectivity index (χ4v) is 5.93. The van der Waals surface area contributed by atoms with Gasteiger partial charge in [-0.3, -0.25) is 4.79 Å². The van der Waals surface area contributed by atoms with Crippen LogP contribution in [0.25, 0.3) is 0 Å². The summed E-state index contributed by atoms with van der Waals surface area (Å²) in [5, 5.41) is 0. The van der Waals surface area contributed by atoms with Gasteiger partial charge in [-0.2, -0.15) is 4.31 Å². The lowest BCUT2D eigenvalue weighted by molar-refractivity contribution is -0.116. The molecule has 2 atom stereocenters. The number of carbonyl (C=O) groups is 1. The average Bonchev–Trinajstić information content (AvgIpc) is 3.32. The predicted molar refractivity (Wildman–Crippen MR) is 116 cm³/mol. The molecule has 0 saturated carbocycles. The molecule has 1 saturated heterocycles. The Morgan fingerprint density at radius 1 is 1.14 bits per heavy atom. The van der Waals surface area contributed by atoms with Crippen molar-refractivity contribution in [3.05, 3.63) is 59.7 Å². The number of amides is 1. The molecule has 8 heteroatoms. The van der Waals surface area contributed by atoms with Gasteiger partial charge in [-0.05, 0) is 48.2 Å². The maximum absolute atomic E-state index is 13.3. The van der Waals surface area contributed by atoms with E-state index < -0.39 is 10.0 Å². The third-order valence-electron chi connectivity index (χ3n) is 5.90. The van der Waals surface area contributed by atoms with Crippen molar-refractivity contribution in [2.45, 2.75) is 24.2 Å². The fourth-order valence-electron chi connectivity index (χ4n) is 4.36. The number of fused-ring (bicyclic) bond motifs is 1. The summed E-state index contributed by atoms with van der Waals surface area (Å²) in [7, 11) is -3.61. The SMILES string of the molecule is CC(=O)N1CCc2cc(S(=O)(=O)N3C[C@@H](CN)[C@H](c4ccccc4)C3)ccc21.Cl. The van der Waals surface area contributed by atoms with E-state index in [0.717, 1.165) is 16.8 Å². The maximum Gasteiger partial charge on any atom is 0.243 e. The van der Waals surface area contributed by atoms with Crippen LogP contribution in [0.4, 0.5) is 5.69 Å². The van der Waals surface area contributed by atoms with Crippen LogP contribution in [0.15, 0.2) is 53.4 Å². The third-order valence-corrected chi connectivity index (χ3v) is 7.73. The Balaban J connectivity index is 0.00000240. The molecule has 2 aromatic rings. The third kappa shape index (κ3) is 3.92. The molecule has 0 bridgehead atoms. The van der Waals surface area contributed by atoms with E-state index in [1.807, 2.05) is 30.3 Å². The minimum absolute atomic E-state index is 0. The van der Waals surface area contributed by atoms with E-state index >= 15 is 0 Å². The Labute approximate surface area is 178 Å². The zero-order chi connectivity index (χ0) is 19.9. The van der Waals surface area contributed by atoms with Crippen LogP contribution < -0.4 is 10.6 Å². The summed E-state index contributed by atoms with van der Waals surface area (Å²) < 4.78 is 28.1. The van der Waals surface area contributed by atoms with E-state index in [1.54, 1.807) is 27.4 Å². The lowest BCUT2D eigenvalue weighted by Gasteiger charge is -2.18. The summed E-state index contributed by atoms with van der Waals surface area (Å²) in [5.41, 5.74) is 8.81. The second-order valence-corrected chi connectivity index (χ2v) is 9.48. The Hall–Kier alpha value is -1.93. The predicted octanol–water partition coefficient (Wildman–Crippen LogP) is 2.38. The number of anilines is 1. The van der Waals surface area contributed by atoms with Crippen LogP contribution in [-0.2, 0) is 21.2 Å². The molecule has 0 spiro atoms. The molecular formula is C21H26ClN3O3S. The van der Waals surface area contributed by atoms with Gasteiger partial charge >= 0.3 is 0 Å². The van der Waals surface area contributed by atoms with Crippen molar-refractivity contribution in [3.8, 4) is 0 Å². The number of halogens is 1. The highest BCUT2D eigenvalue weighted by Crippen LogP contribution is 2.37. The number of benzene rings is 2. The molecular weight excluding hydrogens is 410 g/mol. The number of rotatable bonds is 4. The average molecular weight is 436 g/mol. The molecule has 1 fully saturated rings. The first-order chi connectivity index (χ1) is 13.4. The Morgan fingerprint density at radius 2 is 1.86 bits per heavy atom. The number of nitrogens with two attached hydrogens (primary N) is 1. The van der Waals surface area contributed by atoms with Crippen molar-refractivity contribution >= 4 is 34.0 Å². The first-order valence-electron chi connectivity index (χ1n) is 9.58. The van der Waals surface area contributed by atoms with Gasteiger partial charge in [0.25, 0.3) is 0 Å². The molecule has 2 aliphatic rings. The summed E-state index contributed by atoms with van der Waals surface area (Å²) in [4.78, 5) is 13.7. The summed E-state index contributed by atoms with van der Waals surface area (Å²) in [6.07, 6.45) is 0.677. The van der Waals surface area contributed by atoms with E-state index in [4.69, 9.17) is 5.73 Å². The quantitative estimate of drug-likeness (QED) is 0.799. The smallest absolute Gasteiger partial charge is 0.243 e. The van der Waals surface area contributed by atoms with Gasteiger partial charge in [0.2, 0.25) is 15.9 Å². The van der Waals surface area contributed by atoms with Crippen molar-refractivity contribution in [3.63, 3.8) is 0 Å². The highest BCUT2D eigenvalue weighted by atomic mass is 35.5. The summed E-state index contributed by atoms with van der Waals surface area (Å²) >= 11 is 0. The number of hydrogen-bond acceptors (Lipinski definition) is 4. The van der Waals surface area contributed by atoms with E-state index in [9.17, 15) is 13.2 Å². The lowest BCUT2D eigenvalue weighted by Crippen LogP contribution is -2.30. The van der Waals surface area contributed by atoms with Gasteiger partial charge in [0.1, 0.15) is 0 Å². The van der Waals surface area contributed by atoms with E-state index in [0.29, 0.717) is 37.5 Å². The highest BCUT2D eigenvalue weighted by molar-refractivity contribution is 7.89.